The first-order chi connectivity index (χ1) is 16.9. The molecule has 0 aliphatic carbocycles. The average Bonchev–Trinajstić information content (AvgIpc) is 3.31. The SMILES string of the molecule is Cc1c(Cc2nnc(-c3cc4ccccc4nc3Cl)o2)ccc(Cl)c1Oc1cc(Cl)cc(C#N)c1. The maximum atomic E-state index is 9.20. The highest BCUT2D eigenvalue weighted by Gasteiger charge is 2.18. The van der Waals surface area contributed by atoms with E-state index in [1.54, 1.807) is 24.3 Å². The van der Waals surface area contributed by atoms with Gasteiger partial charge in [0.2, 0.25) is 5.89 Å². The highest BCUT2D eigenvalue weighted by molar-refractivity contribution is 6.32. The first-order valence-corrected chi connectivity index (χ1v) is 11.6. The Labute approximate surface area is 215 Å². The number of fused-ring (bicyclic) bond motifs is 1. The molecule has 5 rings (SSSR count). The molecule has 6 nitrogen and oxygen atoms in total. The molecule has 2 aromatic heterocycles. The van der Waals surface area contributed by atoms with Crippen LogP contribution in [0, 0.1) is 18.3 Å². The molecule has 0 saturated carbocycles. The van der Waals surface area contributed by atoms with Crippen molar-refractivity contribution in [3.05, 3.63) is 98.4 Å². The summed E-state index contributed by atoms with van der Waals surface area (Å²) in [5.41, 5.74) is 3.41. The van der Waals surface area contributed by atoms with Gasteiger partial charge in [-0.3, -0.25) is 0 Å². The Hall–Kier alpha value is -3.63. The van der Waals surface area contributed by atoms with Crippen LogP contribution in [0.5, 0.6) is 11.5 Å². The van der Waals surface area contributed by atoms with Crippen molar-refractivity contribution in [3.8, 4) is 29.0 Å². The minimum absolute atomic E-state index is 0.286. The van der Waals surface area contributed by atoms with Gasteiger partial charge in [-0.25, -0.2) is 4.98 Å². The number of pyridine rings is 1. The van der Waals surface area contributed by atoms with Crippen molar-refractivity contribution in [2.24, 2.45) is 0 Å². The Morgan fingerprint density at radius 2 is 1.83 bits per heavy atom. The first-order valence-electron chi connectivity index (χ1n) is 10.5. The number of ether oxygens (including phenoxy) is 1. The van der Waals surface area contributed by atoms with E-state index in [4.69, 9.17) is 44.0 Å². The number of benzene rings is 3. The van der Waals surface area contributed by atoms with E-state index in [0.717, 1.165) is 22.0 Å². The molecule has 0 N–H and O–H groups in total. The van der Waals surface area contributed by atoms with Crippen LogP contribution in [0.1, 0.15) is 22.6 Å². The first kappa shape index (κ1) is 23.1. The van der Waals surface area contributed by atoms with Crippen LogP contribution in [0.3, 0.4) is 0 Å². The summed E-state index contributed by atoms with van der Waals surface area (Å²) in [6, 6.07) is 20.0. The third kappa shape index (κ3) is 4.80. The number of aromatic nitrogens is 3. The Morgan fingerprint density at radius 1 is 1.00 bits per heavy atom. The monoisotopic (exact) mass is 520 g/mol. The Kier molecular flexibility index (Phi) is 6.31. The molecule has 0 fully saturated rings. The van der Waals surface area contributed by atoms with Crippen molar-refractivity contribution < 1.29 is 9.15 Å². The van der Waals surface area contributed by atoms with Crippen LogP contribution in [0.2, 0.25) is 15.2 Å². The van der Waals surface area contributed by atoms with Crippen LogP contribution in [0.25, 0.3) is 22.4 Å². The summed E-state index contributed by atoms with van der Waals surface area (Å²) >= 11 is 18.9. The van der Waals surface area contributed by atoms with Crippen molar-refractivity contribution in [1.29, 1.82) is 5.26 Å². The van der Waals surface area contributed by atoms with E-state index < -0.39 is 0 Å². The molecular weight excluding hydrogens is 507 g/mol. The van der Waals surface area contributed by atoms with E-state index in [1.165, 1.54) is 0 Å². The molecule has 0 amide bonds. The summed E-state index contributed by atoms with van der Waals surface area (Å²) in [6.45, 7) is 1.88. The van der Waals surface area contributed by atoms with E-state index in [-0.39, 0.29) is 11.0 Å². The van der Waals surface area contributed by atoms with Crippen molar-refractivity contribution in [1.82, 2.24) is 15.2 Å². The fraction of sp³-hybridized carbons (Fsp3) is 0.0769. The van der Waals surface area contributed by atoms with Crippen LogP contribution in [-0.2, 0) is 6.42 Å². The van der Waals surface area contributed by atoms with Gasteiger partial charge in [0.05, 0.1) is 34.2 Å². The largest absolute Gasteiger partial charge is 0.455 e. The van der Waals surface area contributed by atoms with E-state index in [2.05, 4.69) is 21.3 Å². The highest BCUT2D eigenvalue weighted by atomic mass is 35.5. The molecule has 0 aliphatic heterocycles. The fourth-order valence-electron chi connectivity index (χ4n) is 3.66. The zero-order valence-electron chi connectivity index (χ0n) is 18.2. The van der Waals surface area contributed by atoms with Gasteiger partial charge in [0.15, 0.2) is 0 Å². The molecule has 0 atom stereocenters. The molecule has 3 aromatic carbocycles. The lowest BCUT2D eigenvalue weighted by atomic mass is 10.0. The van der Waals surface area contributed by atoms with E-state index in [9.17, 15) is 5.26 Å². The van der Waals surface area contributed by atoms with E-state index in [0.29, 0.717) is 45.0 Å². The van der Waals surface area contributed by atoms with Gasteiger partial charge in [-0.1, -0.05) is 59.1 Å². The number of rotatable bonds is 5. The van der Waals surface area contributed by atoms with Crippen molar-refractivity contribution in [2.45, 2.75) is 13.3 Å². The zero-order chi connectivity index (χ0) is 24.5. The lowest BCUT2D eigenvalue weighted by Crippen LogP contribution is -1.97. The number of hydrogen-bond acceptors (Lipinski definition) is 6. The van der Waals surface area contributed by atoms with Crippen molar-refractivity contribution in [3.63, 3.8) is 0 Å². The van der Waals surface area contributed by atoms with Crippen molar-refractivity contribution >= 4 is 45.7 Å². The smallest absolute Gasteiger partial charge is 0.250 e. The van der Waals surface area contributed by atoms with E-state index >= 15 is 0 Å². The molecule has 35 heavy (non-hydrogen) atoms. The molecule has 0 spiro atoms. The normalized spacial score (nSPS) is 10.9. The molecule has 0 radical (unpaired) electrons. The van der Waals surface area contributed by atoms with Gasteiger partial charge in [-0.05, 0) is 54.4 Å². The second kappa shape index (κ2) is 9.55. The molecule has 0 unspecified atom stereocenters. The summed E-state index contributed by atoms with van der Waals surface area (Å²) in [4.78, 5) is 4.42. The Balaban J connectivity index is 1.44. The van der Waals surface area contributed by atoms with Gasteiger partial charge in [0, 0.05) is 10.4 Å². The molecule has 172 valence electrons. The maximum Gasteiger partial charge on any atom is 0.250 e. The molecule has 9 heteroatoms. The van der Waals surface area contributed by atoms with Gasteiger partial charge in [-0.2, -0.15) is 5.26 Å². The standard InChI is InChI=1S/C26H15Cl3N4O2/c1-14-16(6-7-21(28)24(14)34-19-9-15(13-30)8-18(27)12-19)11-23-32-33-26(35-23)20-10-17-4-2-3-5-22(17)31-25(20)29/h2-10,12H,11H2,1H3. The molecule has 0 aliphatic rings. The third-order valence-electron chi connectivity index (χ3n) is 5.41. The predicted molar refractivity (Wildman–Crippen MR) is 135 cm³/mol. The van der Waals surface area contributed by atoms with Gasteiger partial charge < -0.3 is 9.15 Å². The second-order valence-corrected chi connectivity index (χ2v) is 8.95. The fourth-order valence-corrected chi connectivity index (χ4v) is 4.35. The lowest BCUT2D eigenvalue weighted by Gasteiger charge is -2.14. The zero-order valence-corrected chi connectivity index (χ0v) is 20.5. The molecule has 2 heterocycles. The molecule has 0 bridgehead atoms. The topological polar surface area (TPSA) is 84.8 Å². The Morgan fingerprint density at radius 3 is 2.66 bits per heavy atom. The predicted octanol–water partition coefficient (Wildman–Crippen LogP) is 7.81. The van der Waals surface area contributed by atoms with Gasteiger partial charge in [0.25, 0.3) is 5.89 Å². The molecule has 5 aromatic rings. The lowest BCUT2D eigenvalue weighted by molar-refractivity contribution is 0.477. The summed E-state index contributed by atoms with van der Waals surface area (Å²) in [6.07, 6.45) is 0.351. The quantitative estimate of drug-likeness (QED) is 0.219. The number of nitrogens with zero attached hydrogens (tertiary/aromatic N) is 4. The van der Waals surface area contributed by atoms with E-state index in [1.807, 2.05) is 43.3 Å². The summed E-state index contributed by atoms with van der Waals surface area (Å²) < 4.78 is 11.9. The van der Waals surface area contributed by atoms with Crippen LogP contribution < -0.4 is 4.74 Å². The Bertz CT molecular complexity index is 1630. The third-order valence-corrected chi connectivity index (χ3v) is 6.21. The number of halogens is 3. The van der Waals surface area contributed by atoms with Gasteiger partial charge in [-0.15, -0.1) is 10.2 Å². The molecular formula is C26H15Cl3N4O2. The summed E-state index contributed by atoms with van der Waals surface area (Å²) in [5.74, 6) is 1.55. The second-order valence-electron chi connectivity index (χ2n) is 7.75. The van der Waals surface area contributed by atoms with Crippen LogP contribution in [0.15, 0.2) is 65.1 Å². The maximum absolute atomic E-state index is 9.20. The van der Waals surface area contributed by atoms with Gasteiger partial charge >= 0.3 is 0 Å². The van der Waals surface area contributed by atoms with Gasteiger partial charge in [0.1, 0.15) is 16.7 Å². The van der Waals surface area contributed by atoms with Crippen LogP contribution in [-0.4, -0.2) is 15.2 Å². The molecule has 0 saturated heterocycles. The highest BCUT2D eigenvalue weighted by Crippen LogP contribution is 2.37. The number of hydrogen-bond donors (Lipinski definition) is 0. The number of nitriles is 1. The average molecular weight is 522 g/mol. The minimum atomic E-state index is 0.286. The summed E-state index contributed by atoms with van der Waals surface area (Å²) in [7, 11) is 0. The van der Waals surface area contributed by atoms with Crippen LogP contribution in [0.4, 0.5) is 0 Å². The summed E-state index contributed by atoms with van der Waals surface area (Å²) in [5, 5.41) is 19.6. The minimum Gasteiger partial charge on any atom is -0.455 e. The van der Waals surface area contributed by atoms with Crippen molar-refractivity contribution in [2.75, 3.05) is 0 Å². The number of para-hydroxylation sites is 1. The van der Waals surface area contributed by atoms with Crippen LogP contribution >= 0.6 is 34.8 Å².